The number of carbonyl (C=O) groups is 1. The van der Waals surface area contributed by atoms with Crippen molar-refractivity contribution in [2.24, 2.45) is 0 Å². The lowest BCUT2D eigenvalue weighted by molar-refractivity contribution is -0.120. The largest absolute Gasteiger partial charge is 0.428 e. The summed E-state index contributed by atoms with van der Waals surface area (Å²) in [7, 11) is 0. The molecule has 0 aromatic rings. The van der Waals surface area contributed by atoms with Gasteiger partial charge >= 0.3 is 0 Å². The third-order valence-electron chi connectivity index (χ3n) is 1.93. The van der Waals surface area contributed by atoms with Crippen LogP contribution in [0, 0.1) is 0 Å². The SMILES string of the molecule is O=COc1ccc2cccccc1-2. The van der Waals surface area contributed by atoms with E-state index in [1.165, 1.54) is 0 Å². The minimum absolute atomic E-state index is 0.446. The second kappa shape index (κ2) is 3.27. The highest BCUT2D eigenvalue weighted by atomic mass is 16.5. The Morgan fingerprint density at radius 3 is 2.69 bits per heavy atom. The van der Waals surface area contributed by atoms with Crippen LogP contribution in [0.3, 0.4) is 0 Å². The van der Waals surface area contributed by atoms with E-state index in [2.05, 4.69) is 0 Å². The molecule has 0 saturated heterocycles. The summed E-state index contributed by atoms with van der Waals surface area (Å²) >= 11 is 0. The summed E-state index contributed by atoms with van der Waals surface area (Å²) in [5.74, 6) is 0.612. The fourth-order valence-corrected chi connectivity index (χ4v) is 1.34. The zero-order valence-electron chi connectivity index (χ0n) is 6.94. The fraction of sp³-hybridized carbons (Fsp3) is 0. The first-order valence-electron chi connectivity index (χ1n) is 4.00. The van der Waals surface area contributed by atoms with Crippen molar-refractivity contribution in [2.75, 3.05) is 0 Å². The standard InChI is InChI=1S/C11H8O2/c12-8-13-11-7-6-9-4-2-1-3-5-10(9)11/h1-8H. The van der Waals surface area contributed by atoms with Crippen molar-refractivity contribution in [3.05, 3.63) is 42.5 Å². The van der Waals surface area contributed by atoms with Crippen molar-refractivity contribution in [3.8, 4) is 16.9 Å². The van der Waals surface area contributed by atoms with Gasteiger partial charge in [0.1, 0.15) is 5.75 Å². The zero-order chi connectivity index (χ0) is 9.10. The first-order valence-corrected chi connectivity index (χ1v) is 4.00. The van der Waals surface area contributed by atoms with Gasteiger partial charge in [0, 0.05) is 5.56 Å². The van der Waals surface area contributed by atoms with E-state index in [4.69, 9.17) is 4.74 Å². The minimum Gasteiger partial charge on any atom is -0.428 e. The summed E-state index contributed by atoms with van der Waals surface area (Å²) in [4.78, 5) is 10.2. The summed E-state index contributed by atoms with van der Waals surface area (Å²) in [6, 6.07) is 13.4. The van der Waals surface area contributed by atoms with E-state index >= 15 is 0 Å². The monoisotopic (exact) mass is 172 g/mol. The van der Waals surface area contributed by atoms with E-state index in [-0.39, 0.29) is 0 Å². The third-order valence-corrected chi connectivity index (χ3v) is 1.93. The fourth-order valence-electron chi connectivity index (χ4n) is 1.34. The number of carbonyl (C=O) groups excluding carboxylic acids is 1. The average molecular weight is 172 g/mol. The van der Waals surface area contributed by atoms with E-state index in [9.17, 15) is 4.79 Å². The molecule has 0 aliphatic heterocycles. The topological polar surface area (TPSA) is 26.3 Å². The van der Waals surface area contributed by atoms with Gasteiger partial charge in [-0.15, -0.1) is 0 Å². The summed E-state index contributed by atoms with van der Waals surface area (Å²) in [6.07, 6.45) is 0. The van der Waals surface area contributed by atoms with Gasteiger partial charge in [0.15, 0.2) is 0 Å². The molecule has 13 heavy (non-hydrogen) atoms. The van der Waals surface area contributed by atoms with Crippen LogP contribution in [0.25, 0.3) is 11.1 Å². The molecule has 2 nitrogen and oxygen atoms in total. The maximum atomic E-state index is 10.2. The molecule has 0 atom stereocenters. The molecule has 0 N–H and O–H groups in total. The minimum atomic E-state index is 0.446. The van der Waals surface area contributed by atoms with Crippen LogP contribution in [-0.2, 0) is 4.79 Å². The molecule has 64 valence electrons. The van der Waals surface area contributed by atoms with Crippen LogP contribution in [0.1, 0.15) is 0 Å². The first-order chi connectivity index (χ1) is 6.42. The molecule has 0 fully saturated rings. The van der Waals surface area contributed by atoms with Crippen LogP contribution in [0.5, 0.6) is 5.75 Å². The van der Waals surface area contributed by atoms with Gasteiger partial charge < -0.3 is 4.74 Å². The molecule has 0 spiro atoms. The van der Waals surface area contributed by atoms with E-state index in [0.29, 0.717) is 12.2 Å². The number of fused-ring (bicyclic) bond motifs is 1. The normalized spacial score (nSPS) is 9.85. The number of hydrogen-bond acceptors (Lipinski definition) is 2. The number of rotatable bonds is 2. The molecule has 0 bridgehead atoms. The molecule has 2 aliphatic carbocycles. The number of ether oxygens (including phenoxy) is 1. The van der Waals surface area contributed by atoms with Crippen molar-refractivity contribution in [1.82, 2.24) is 0 Å². The molecule has 2 aliphatic rings. The van der Waals surface area contributed by atoms with Crippen molar-refractivity contribution < 1.29 is 9.53 Å². The molecule has 0 aromatic heterocycles. The van der Waals surface area contributed by atoms with Gasteiger partial charge in [-0.05, 0) is 11.6 Å². The molecular weight excluding hydrogens is 164 g/mol. The Kier molecular flexibility index (Phi) is 1.96. The molecule has 0 saturated carbocycles. The summed E-state index contributed by atoms with van der Waals surface area (Å²) in [5.41, 5.74) is 2.03. The summed E-state index contributed by atoms with van der Waals surface area (Å²) < 4.78 is 4.82. The van der Waals surface area contributed by atoms with Gasteiger partial charge in [-0.2, -0.15) is 0 Å². The Balaban J connectivity index is 2.54. The van der Waals surface area contributed by atoms with Crippen LogP contribution < -0.4 is 4.74 Å². The van der Waals surface area contributed by atoms with Gasteiger partial charge in [-0.1, -0.05) is 36.4 Å². The first kappa shape index (κ1) is 7.80. The Labute approximate surface area is 76.1 Å². The molecular formula is C11H8O2. The molecule has 0 amide bonds. The lowest BCUT2D eigenvalue weighted by atomic mass is 10.2. The van der Waals surface area contributed by atoms with E-state index in [1.807, 2.05) is 36.4 Å². The molecule has 0 unspecified atom stereocenters. The van der Waals surface area contributed by atoms with Crippen LogP contribution in [0.2, 0.25) is 0 Å². The van der Waals surface area contributed by atoms with Crippen molar-refractivity contribution in [3.63, 3.8) is 0 Å². The van der Waals surface area contributed by atoms with Gasteiger partial charge in [0.05, 0.1) is 0 Å². The van der Waals surface area contributed by atoms with Crippen molar-refractivity contribution in [2.45, 2.75) is 0 Å². The quantitative estimate of drug-likeness (QED) is 0.650. The highest BCUT2D eigenvalue weighted by Crippen LogP contribution is 2.32. The Bertz CT molecular complexity index is 395. The molecule has 0 heterocycles. The Morgan fingerprint density at radius 2 is 1.85 bits per heavy atom. The van der Waals surface area contributed by atoms with E-state index in [1.54, 1.807) is 6.07 Å². The smallest absolute Gasteiger partial charge is 0.298 e. The summed E-state index contributed by atoms with van der Waals surface area (Å²) in [6.45, 7) is 0.446. The second-order valence-electron chi connectivity index (χ2n) is 2.69. The molecule has 2 heteroatoms. The molecule has 2 rings (SSSR count). The number of hydrogen-bond donors (Lipinski definition) is 0. The molecule has 0 radical (unpaired) electrons. The maximum absolute atomic E-state index is 10.2. The van der Waals surface area contributed by atoms with Crippen molar-refractivity contribution in [1.29, 1.82) is 0 Å². The third kappa shape index (κ3) is 1.38. The van der Waals surface area contributed by atoms with Gasteiger partial charge in [-0.25, -0.2) is 0 Å². The van der Waals surface area contributed by atoms with Crippen LogP contribution in [-0.4, -0.2) is 6.47 Å². The van der Waals surface area contributed by atoms with Crippen molar-refractivity contribution >= 4 is 6.47 Å². The molecule has 0 aromatic carbocycles. The highest BCUT2D eigenvalue weighted by molar-refractivity contribution is 5.75. The predicted octanol–water partition coefficient (Wildman–Crippen LogP) is 2.33. The van der Waals surface area contributed by atoms with Crippen LogP contribution in [0.4, 0.5) is 0 Å². The average Bonchev–Trinajstić information content (AvgIpc) is 2.38. The Morgan fingerprint density at radius 1 is 1.00 bits per heavy atom. The van der Waals surface area contributed by atoms with Gasteiger partial charge in [-0.3, -0.25) is 4.79 Å². The summed E-state index contributed by atoms with van der Waals surface area (Å²) in [5, 5.41) is 0. The van der Waals surface area contributed by atoms with Gasteiger partial charge in [0.25, 0.3) is 6.47 Å². The lowest BCUT2D eigenvalue weighted by Gasteiger charge is -1.96. The lowest BCUT2D eigenvalue weighted by Crippen LogP contribution is -1.86. The second-order valence-corrected chi connectivity index (χ2v) is 2.69. The highest BCUT2D eigenvalue weighted by Gasteiger charge is 2.07. The van der Waals surface area contributed by atoms with E-state index < -0.39 is 0 Å². The van der Waals surface area contributed by atoms with E-state index in [0.717, 1.165) is 11.1 Å². The predicted molar refractivity (Wildman–Crippen MR) is 49.8 cm³/mol. The zero-order valence-corrected chi connectivity index (χ0v) is 6.94. The maximum Gasteiger partial charge on any atom is 0.298 e. The van der Waals surface area contributed by atoms with Crippen LogP contribution in [0.15, 0.2) is 42.5 Å². The van der Waals surface area contributed by atoms with Crippen LogP contribution >= 0.6 is 0 Å². The van der Waals surface area contributed by atoms with Gasteiger partial charge in [0.2, 0.25) is 0 Å². The Hall–Kier alpha value is -1.83.